The Balaban J connectivity index is 1.84. The average molecular weight is 345 g/mol. The zero-order valence-electron chi connectivity index (χ0n) is 13.5. The van der Waals surface area contributed by atoms with Crippen molar-refractivity contribution in [3.05, 3.63) is 22.6 Å². The summed E-state index contributed by atoms with van der Waals surface area (Å²) in [5.74, 6) is -0.0946. The summed E-state index contributed by atoms with van der Waals surface area (Å²) in [6.45, 7) is 2.60. The van der Waals surface area contributed by atoms with E-state index in [4.69, 9.17) is 5.11 Å². The van der Waals surface area contributed by atoms with E-state index in [-0.39, 0.29) is 24.9 Å². The molecule has 0 spiro atoms. The van der Waals surface area contributed by atoms with Crippen LogP contribution in [0.4, 0.5) is 0 Å². The summed E-state index contributed by atoms with van der Waals surface area (Å²) in [6, 6.07) is 0. The number of fused-ring (bicyclic) bond motifs is 5. The number of amides is 1. The maximum absolute atomic E-state index is 12.6. The van der Waals surface area contributed by atoms with Crippen LogP contribution in [-0.2, 0) is 12.8 Å². The summed E-state index contributed by atoms with van der Waals surface area (Å²) in [5, 5.41) is 14.5. The van der Waals surface area contributed by atoms with Crippen molar-refractivity contribution < 1.29 is 9.90 Å². The van der Waals surface area contributed by atoms with E-state index in [1.807, 2.05) is 6.92 Å². The average Bonchev–Trinajstić information content (AvgIpc) is 3.19. The second-order valence-corrected chi connectivity index (χ2v) is 7.03. The zero-order chi connectivity index (χ0) is 16.7. The molecule has 0 saturated heterocycles. The van der Waals surface area contributed by atoms with E-state index in [2.05, 4.69) is 15.1 Å². The molecule has 0 atom stereocenters. The normalized spacial score (nSPS) is 14.2. The second kappa shape index (κ2) is 6.10. The van der Waals surface area contributed by atoms with Crippen LogP contribution in [0.15, 0.2) is 6.33 Å². The Labute approximate surface area is 142 Å². The number of carbonyl (C=O) groups excluding carboxylic acids is 1. The van der Waals surface area contributed by atoms with E-state index in [1.54, 1.807) is 27.1 Å². The van der Waals surface area contributed by atoms with E-state index in [0.717, 1.165) is 23.1 Å². The molecule has 3 aromatic heterocycles. The Morgan fingerprint density at radius 1 is 1.42 bits per heavy atom. The van der Waals surface area contributed by atoms with E-state index in [9.17, 15) is 4.79 Å². The van der Waals surface area contributed by atoms with Crippen LogP contribution in [0.25, 0.3) is 15.9 Å². The van der Waals surface area contributed by atoms with Crippen molar-refractivity contribution >= 4 is 33.1 Å². The molecule has 1 aliphatic carbocycles. The highest BCUT2D eigenvalue weighted by Gasteiger charge is 2.23. The SMILES string of the molecule is CCN(CCO)C(=O)c1nc2c3c4c(sc3ncn2n1)CCCC4. The highest BCUT2D eigenvalue weighted by molar-refractivity contribution is 7.19. The minimum atomic E-state index is -0.257. The molecule has 126 valence electrons. The van der Waals surface area contributed by atoms with Gasteiger partial charge in [-0.3, -0.25) is 4.79 Å². The molecular formula is C16H19N5O2S. The third-order valence-corrected chi connectivity index (χ3v) is 5.72. The molecule has 1 aliphatic rings. The van der Waals surface area contributed by atoms with Gasteiger partial charge in [-0.15, -0.1) is 16.4 Å². The number of thiophene rings is 1. The summed E-state index contributed by atoms with van der Waals surface area (Å²) < 4.78 is 1.60. The van der Waals surface area contributed by atoms with Gasteiger partial charge in [0, 0.05) is 18.0 Å². The first-order valence-corrected chi connectivity index (χ1v) is 9.10. The Kier molecular flexibility index (Phi) is 3.93. The Bertz CT molecular complexity index is 916. The molecule has 0 saturated carbocycles. The van der Waals surface area contributed by atoms with Gasteiger partial charge in [-0.1, -0.05) is 0 Å². The van der Waals surface area contributed by atoms with E-state index < -0.39 is 0 Å². The van der Waals surface area contributed by atoms with Crippen molar-refractivity contribution in [2.24, 2.45) is 0 Å². The molecule has 0 bridgehead atoms. The number of nitrogens with zero attached hydrogens (tertiary/aromatic N) is 5. The van der Waals surface area contributed by atoms with Gasteiger partial charge in [-0.2, -0.15) is 0 Å². The van der Waals surface area contributed by atoms with Crippen molar-refractivity contribution in [3.63, 3.8) is 0 Å². The van der Waals surface area contributed by atoms with Crippen LogP contribution in [0, 0.1) is 0 Å². The number of aryl methyl sites for hydroxylation is 2. The number of likely N-dealkylation sites (N-methyl/N-ethyl adjacent to an activating group) is 1. The molecule has 7 nitrogen and oxygen atoms in total. The molecule has 0 aromatic carbocycles. The summed E-state index contributed by atoms with van der Waals surface area (Å²) in [6.07, 6.45) is 6.17. The molecule has 0 aliphatic heterocycles. The van der Waals surface area contributed by atoms with Crippen LogP contribution < -0.4 is 0 Å². The summed E-state index contributed by atoms with van der Waals surface area (Å²) in [7, 11) is 0. The minimum Gasteiger partial charge on any atom is -0.395 e. The Hall–Kier alpha value is -2.06. The van der Waals surface area contributed by atoms with Crippen LogP contribution in [0.5, 0.6) is 0 Å². The lowest BCUT2D eigenvalue weighted by molar-refractivity contribution is 0.0720. The molecule has 3 heterocycles. The van der Waals surface area contributed by atoms with Crippen LogP contribution in [0.3, 0.4) is 0 Å². The van der Waals surface area contributed by atoms with Gasteiger partial charge in [0.25, 0.3) is 5.91 Å². The molecule has 0 radical (unpaired) electrons. The maximum Gasteiger partial charge on any atom is 0.293 e. The smallest absolute Gasteiger partial charge is 0.293 e. The lowest BCUT2D eigenvalue weighted by Crippen LogP contribution is -2.34. The number of aliphatic hydroxyl groups is 1. The van der Waals surface area contributed by atoms with Crippen LogP contribution >= 0.6 is 11.3 Å². The van der Waals surface area contributed by atoms with Crippen LogP contribution in [0.1, 0.15) is 40.8 Å². The molecular weight excluding hydrogens is 326 g/mol. The Morgan fingerprint density at radius 3 is 3.04 bits per heavy atom. The molecule has 4 rings (SSSR count). The van der Waals surface area contributed by atoms with Gasteiger partial charge in [0.15, 0.2) is 5.65 Å². The van der Waals surface area contributed by atoms with Crippen LogP contribution in [-0.4, -0.2) is 55.2 Å². The Morgan fingerprint density at radius 2 is 2.25 bits per heavy atom. The molecule has 8 heteroatoms. The fourth-order valence-corrected chi connectivity index (χ4v) is 4.53. The quantitative estimate of drug-likeness (QED) is 0.778. The number of carbonyl (C=O) groups is 1. The fraction of sp³-hybridized carbons (Fsp3) is 0.500. The van der Waals surface area contributed by atoms with Crippen molar-refractivity contribution in [2.45, 2.75) is 32.6 Å². The van der Waals surface area contributed by atoms with Crippen molar-refractivity contribution in [1.82, 2.24) is 24.5 Å². The number of aliphatic hydroxyl groups excluding tert-OH is 1. The summed E-state index contributed by atoms with van der Waals surface area (Å²) in [4.78, 5) is 25.5. The standard InChI is InChI=1S/C16H19N5O2S/c1-2-20(7-8-22)16(23)13-18-14-12-10-5-3-4-6-11(10)24-15(12)17-9-21(14)19-13/h9,22H,2-8H2,1H3. The third-order valence-electron chi connectivity index (χ3n) is 4.52. The maximum atomic E-state index is 12.6. The topological polar surface area (TPSA) is 83.6 Å². The highest BCUT2D eigenvalue weighted by Crippen LogP contribution is 2.36. The first-order valence-electron chi connectivity index (χ1n) is 8.28. The van der Waals surface area contributed by atoms with Gasteiger partial charge in [0.05, 0.1) is 12.0 Å². The fourth-order valence-electron chi connectivity index (χ4n) is 3.31. The monoisotopic (exact) mass is 345 g/mol. The molecule has 1 N–H and O–H groups in total. The number of hydrogen-bond acceptors (Lipinski definition) is 6. The minimum absolute atomic E-state index is 0.0726. The van der Waals surface area contributed by atoms with Gasteiger partial charge in [0.2, 0.25) is 5.82 Å². The van der Waals surface area contributed by atoms with Crippen molar-refractivity contribution in [1.29, 1.82) is 0 Å². The van der Waals surface area contributed by atoms with Crippen LogP contribution in [0.2, 0.25) is 0 Å². The zero-order valence-corrected chi connectivity index (χ0v) is 14.3. The van der Waals surface area contributed by atoms with Crippen molar-refractivity contribution in [3.8, 4) is 0 Å². The number of rotatable bonds is 4. The number of aromatic nitrogens is 4. The third kappa shape index (κ3) is 2.37. The van der Waals surface area contributed by atoms with E-state index in [0.29, 0.717) is 12.2 Å². The largest absolute Gasteiger partial charge is 0.395 e. The highest BCUT2D eigenvalue weighted by atomic mass is 32.1. The first kappa shape index (κ1) is 15.5. The molecule has 24 heavy (non-hydrogen) atoms. The first-order chi connectivity index (χ1) is 11.7. The second-order valence-electron chi connectivity index (χ2n) is 5.95. The molecule has 1 amide bonds. The summed E-state index contributed by atoms with van der Waals surface area (Å²) >= 11 is 1.73. The van der Waals surface area contributed by atoms with Gasteiger partial charge >= 0.3 is 0 Å². The lowest BCUT2D eigenvalue weighted by Gasteiger charge is -2.17. The molecule has 0 unspecified atom stereocenters. The van der Waals surface area contributed by atoms with Gasteiger partial charge in [0.1, 0.15) is 11.2 Å². The van der Waals surface area contributed by atoms with E-state index in [1.165, 1.54) is 23.3 Å². The van der Waals surface area contributed by atoms with Crippen molar-refractivity contribution in [2.75, 3.05) is 19.7 Å². The van der Waals surface area contributed by atoms with Gasteiger partial charge in [-0.25, -0.2) is 14.5 Å². The molecule has 0 fully saturated rings. The summed E-state index contributed by atoms with van der Waals surface area (Å²) in [5.41, 5.74) is 2.04. The molecule has 3 aromatic rings. The predicted molar refractivity (Wildman–Crippen MR) is 91.5 cm³/mol. The predicted octanol–water partition coefficient (Wildman–Crippen LogP) is 1.67. The van der Waals surface area contributed by atoms with Gasteiger partial charge < -0.3 is 10.0 Å². The van der Waals surface area contributed by atoms with E-state index >= 15 is 0 Å². The number of hydrogen-bond donors (Lipinski definition) is 1. The lowest BCUT2D eigenvalue weighted by atomic mass is 9.97. The van der Waals surface area contributed by atoms with Gasteiger partial charge in [-0.05, 0) is 38.2 Å².